The number of benzene rings is 3. The molecule has 3 aromatic carbocycles. The number of hydrogen-bond acceptors (Lipinski definition) is 6. The molecule has 0 radical (unpaired) electrons. The van der Waals surface area contributed by atoms with E-state index in [2.05, 4.69) is 5.32 Å². The molecule has 4 unspecified atom stereocenters. The molecule has 2 N–H and O–H groups in total. The van der Waals surface area contributed by atoms with Crippen molar-refractivity contribution in [3.8, 4) is 11.5 Å². The van der Waals surface area contributed by atoms with Crippen molar-refractivity contribution in [2.24, 2.45) is 11.8 Å². The first-order valence-corrected chi connectivity index (χ1v) is 12.5. The fourth-order valence-corrected chi connectivity index (χ4v) is 6.03. The minimum atomic E-state index is -1.83. The summed E-state index contributed by atoms with van der Waals surface area (Å²) < 4.78 is 11.2. The van der Waals surface area contributed by atoms with Gasteiger partial charge in [-0.25, -0.2) is 9.69 Å². The first kappa shape index (κ1) is 25.5. The largest absolute Gasteiger partial charge is 0.496 e. The van der Waals surface area contributed by atoms with Crippen molar-refractivity contribution in [3.05, 3.63) is 89.0 Å². The number of anilines is 1. The topological polar surface area (TPSA) is 105 Å². The van der Waals surface area contributed by atoms with Gasteiger partial charge in [-0.2, -0.15) is 0 Å². The molecule has 2 saturated heterocycles. The van der Waals surface area contributed by atoms with Crippen molar-refractivity contribution in [1.82, 2.24) is 5.32 Å². The molecule has 2 aliphatic rings. The molecule has 0 aliphatic carbocycles. The number of aryl methyl sites for hydroxylation is 1. The minimum absolute atomic E-state index is 0.401. The second-order valence-electron chi connectivity index (χ2n) is 9.65. The molecule has 2 aliphatic heterocycles. The van der Waals surface area contributed by atoms with Crippen molar-refractivity contribution in [2.75, 3.05) is 19.1 Å². The van der Waals surface area contributed by atoms with E-state index < -0.39 is 41.2 Å². The Bertz CT molecular complexity index is 1400. The van der Waals surface area contributed by atoms with Gasteiger partial charge in [-0.15, -0.1) is 0 Å². The lowest BCUT2D eigenvalue weighted by atomic mass is 9.75. The zero-order chi connectivity index (χ0) is 27.2. The second-order valence-corrected chi connectivity index (χ2v) is 9.65. The van der Waals surface area contributed by atoms with E-state index in [0.717, 1.165) is 16.9 Å². The van der Waals surface area contributed by atoms with Crippen LogP contribution in [0.2, 0.25) is 0 Å². The number of hydrogen-bond donors (Lipinski definition) is 2. The van der Waals surface area contributed by atoms with Crippen molar-refractivity contribution < 1.29 is 29.0 Å². The molecule has 8 nitrogen and oxygen atoms in total. The maximum atomic E-state index is 14.1. The normalized spacial score (nSPS) is 24.4. The summed E-state index contributed by atoms with van der Waals surface area (Å²) in [6.07, 6.45) is 0.812. The number of nitrogens with zero attached hydrogens (tertiary/aromatic N) is 1. The molecule has 0 saturated carbocycles. The van der Waals surface area contributed by atoms with Crippen molar-refractivity contribution in [1.29, 1.82) is 0 Å². The predicted octanol–water partition coefficient (Wildman–Crippen LogP) is 4.00. The molecule has 2 amide bonds. The third-order valence-corrected chi connectivity index (χ3v) is 7.87. The molecule has 2 heterocycles. The standard InChI is InChI=1S/C30H30N2O6/c1-5-18-11-13-20(14-12-18)32-27(33)23-24(28(32)34)30(29(35)36,19-9-7-6-8-10-19)31-25(23)21-15-16-22(37-3)17(2)26(21)38-4/h6-16,23-25,31H,5H2,1-4H3,(H,35,36). The number of nitrogens with one attached hydrogen (secondary N) is 1. The van der Waals surface area contributed by atoms with Gasteiger partial charge in [-0.3, -0.25) is 14.9 Å². The van der Waals surface area contributed by atoms with Gasteiger partial charge in [-0.1, -0.05) is 55.5 Å². The molecule has 5 rings (SSSR count). The van der Waals surface area contributed by atoms with Gasteiger partial charge in [-0.05, 0) is 42.7 Å². The number of amides is 2. The van der Waals surface area contributed by atoms with Gasteiger partial charge < -0.3 is 14.6 Å². The zero-order valence-corrected chi connectivity index (χ0v) is 21.7. The summed E-state index contributed by atoms with van der Waals surface area (Å²) in [6.45, 7) is 3.85. The lowest BCUT2D eigenvalue weighted by molar-refractivity contribution is -0.149. The van der Waals surface area contributed by atoms with Crippen LogP contribution in [0.25, 0.3) is 0 Å². The van der Waals surface area contributed by atoms with Crippen LogP contribution in [0, 0.1) is 18.8 Å². The van der Waals surface area contributed by atoms with Crippen molar-refractivity contribution in [3.63, 3.8) is 0 Å². The second kappa shape index (κ2) is 9.61. The first-order chi connectivity index (χ1) is 18.3. The summed E-state index contributed by atoms with van der Waals surface area (Å²) in [5, 5.41) is 14.0. The number of carboxylic acid groups (broad SMARTS) is 1. The lowest BCUT2D eigenvalue weighted by Crippen LogP contribution is -2.53. The molecule has 3 aromatic rings. The van der Waals surface area contributed by atoms with Gasteiger partial charge in [0.05, 0.1) is 31.7 Å². The first-order valence-electron chi connectivity index (χ1n) is 12.5. The third kappa shape index (κ3) is 3.59. The SMILES string of the molecule is CCc1ccc(N2C(=O)C3C(c4ccc(OC)c(C)c4OC)NC(C(=O)O)(c4ccccc4)C3C2=O)cc1. The Labute approximate surface area is 221 Å². The highest BCUT2D eigenvalue weighted by molar-refractivity contribution is 6.24. The van der Waals surface area contributed by atoms with Crippen LogP contribution in [0.15, 0.2) is 66.7 Å². The Morgan fingerprint density at radius 1 is 0.974 bits per heavy atom. The molecule has 4 atom stereocenters. The number of imide groups is 1. The Kier molecular flexibility index (Phi) is 6.44. The predicted molar refractivity (Wildman–Crippen MR) is 141 cm³/mol. The molecule has 196 valence electrons. The number of aliphatic carboxylic acids is 1. The highest BCUT2D eigenvalue weighted by atomic mass is 16.5. The number of fused-ring (bicyclic) bond motifs is 1. The van der Waals surface area contributed by atoms with E-state index in [1.54, 1.807) is 61.7 Å². The minimum Gasteiger partial charge on any atom is -0.496 e. The number of carbonyl (C=O) groups is 3. The highest BCUT2D eigenvalue weighted by Gasteiger charge is 2.69. The van der Waals surface area contributed by atoms with Crippen LogP contribution < -0.4 is 19.7 Å². The quantitative estimate of drug-likeness (QED) is 0.459. The lowest BCUT2D eigenvalue weighted by Gasteiger charge is -2.32. The number of rotatable bonds is 7. The van der Waals surface area contributed by atoms with Crippen LogP contribution >= 0.6 is 0 Å². The molecule has 38 heavy (non-hydrogen) atoms. The van der Waals surface area contributed by atoms with Gasteiger partial charge in [0.25, 0.3) is 0 Å². The molecule has 0 aromatic heterocycles. The maximum absolute atomic E-state index is 14.1. The van der Waals surface area contributed by atoms with E-state index in [9.17, 15) is 19.5 Å². The summed E-state index contributed by atoms with van der Waals surface area (Å²) in [5.41, 5.74) is 1.36. The average Bonchev–Trinajstić information content (AvgIpc) is 3.43. The Morgan fingerprint density at radius 2 is 1.66 bits per heavy atom. The van der Waals surface area contributed by atoms with Crippen molar-refractivity contribution in [2.45, 2.75) is 31.8 Å². The molecule has 8 heteroatoms. The van der Waals surface area contributed by atoms with E-state index in [4.69, 9.17) is 9.47 Å². The summed E-state index contributed by atoms with van der Waals surface area (Å²) in [7, 11) is 3.07. The highest BCUT2D eigenvalue weighted by Crippen LogP contribution is 2.55. The molecule has 0 bridgehead atoms. The summed E-state index contributed by atoms with van der Waals surface area (Å²) in [5.74, 6) is -3.31. The van der Waals surface area contributed by atoms with Gasteiger partial charge >= 0.3 is 5.97 Å². The fourth-order valence-electron chi connectivity index (χ4n) is 6.03. The zero-order valence-electron chi connectivity index (χ0n) is 21.7. The number of carboxylic acids is 1. The summed E-state index contributed by atoms with van der Waals surface area (Å²) >= 11 is 0. The number of methoxy groups -OCH3 is 2. The monoisotopic (exact) mass is 514 g/mol. The van der Waals surface area contributed by atoms with Crippen LogP contribution in [-0.4, -0.2) is 37.1 Å². The van der Waals surface area contributed by atoms with Gasteiger partial charge in [0.15, 0.2) is 5.54 Å². The molecular formula is C30H30N2O6. The van der Waals surface area contributed by atoms with E-state index >= 15 is 0 Å². The van der Waals surface area contributed by atoms with Crippen molar-refractivity contribution >= 4 is 23.5 Å². The average molecular weight is 515 g/mol. The molecule has 2 fully saturated rings. The van der Waals surface area contributed by atoms with Gasteiger partial charge in [0.2, 0.25) is 11.8 Å². The molecule has 0 spiro atoms. The third-order valence-electron chi connectivity index (χ3n) is 7.87. The van der Waals surface area contributed by atoms with Crippen LogP contribution in [-0.2, 0) is 26.3 Å². The fraction of sp³-hybridized carbons (Fsp3) is 0.300. The van der Waals surface area contributed by atoms with Crippen LogP contribution in [0.1, 0.15) is 35.2 Å². The van der Waals surface area contributed by atoms with Crippen LogP contribution in [0.5, 0.6) is 11.5 Å². The smallest absolute Gasteiger partial charge is 0.329 e. The Balaban J connectivity index is 1.73. The van der Waals surface area contributed by atoms with E-state index in [1.165, 1.54) is 7.11 Å². The van der Waals surface area contributed by atoms with Gasteiger partial charge in [0.1, 0.15) is 11.5 Å². The van der Waals surface area contributed by atoms with E-state index in [-0.39, 0.29) is 0 Å². The summed E-state index contributed by atoms with van der Waals surface area (Å²) in [6, 6.07) is 18.5. The van der Waals surface area contributed by atoms with Gasteiger partial charge in [0, 0.05) is 17.2 Å². The van der Waals surface area contributed by atoms with Crippen LogP contribution in [0.3, 0.4) is 0 Å². The Hall–Kier alpha value is -4.17. The van der Waals surface area contributed by atoms with Crippen LogP contribution in [0.4, 0.5) is 5.69 Å². The summed E-state index contributed by atoms with van der Waals surface area (Å²) in [4.78, 5) is 42.5. The van der Waals surface area contributed by atoms with E-state index in [1.807, 2.05) is 26.0 Å². The Morgan fingerprint density at radius 3 is 2.24 bits per heavy atom. The maximum Gasteiger partial charge on any atom is 0.329 e. The number of carbonyl (C=O) groups excluding carboxylic acids is 2. The van der Waals surface area contributed by atoms with E-state index in [0.29, 0.717) is 33.9 Å². The number of ether oxygens (including phenoxy) is 2. The molecular weight excluding hydrogens is 484 g/mol.